The zero-order chi connectivity index (χ0) is 31.9. The summed E-state index contributed by atoms with van der Waals surface area (Å²) < 4.78 is 28.5. The molecule has 4 heterocycles. The van der Waals surface area contributed by atoms with Crippen LogP contribution in [0.2, 0.25) is 5.15 Å². The average Bonchev–Trinajstić information content (AvgIpc) is 3.35. The maximum Gasteiger partial charge on any atom is 0.285 e. The first-order valence-electron chi connectivity index (χ1n) is 13.9. The number of amides is 1. The summed E-state index contributed by atoms with van der Waals surface area (Å²) in [6.07, 6.45) is 2.45. The maximum absolute atomic E-state index is 13.6. The van der Waals surface area contributed by atoms with Crippen molar-refractivity contribution in [3.05, 3.63) is 74.0 Å². The first-order chi connectivity index (χ1) is 20.8. The number of pyridine rings is 1. The van der Waals surface area contributed by atoms with E-state index < -0.39 is 22.0 Å². The van der Waals surface area contributed by atoms with Crippen molar-refractivity contribution in [3.63, 3.8) is 0 Å². The fourth-order valence-corrected chi connectivity index (χ4v) is 6.16. The minimum absolute atomic E-state index is 0.0231. The lowest BCUT2D eigenvalue weighted by atomic mass is 9.93. The van der Waals surface area contributed by atoms with E-state index in [-0.39, 0.29) is 28.0 Å². The Morgan fingerprint density at radius 3 is 2.50 bits per heavy atom. The number of nitrogens with zero attached hydrogens (tertiary/aromatic N) is 7. The number of hydrogen-bond donors (Lipinski definition) is 2. The molecule has 1 atom stereocenters. The summed E-state index contributed by atoms with van der Waals surface area (Å²) in [5.74, 6) is -0.189. The van der Waals surface area contributed by atoms with Gasteiger partial charge in [-0.15, -0.1) is 0 Å². The van der Waals surface area contributed by atoms with Crippen LogP contribution >= 0.6 is 11.6 Å². The number of aryl methyl sites for hydroxylation is 2. The second kappa shape index (κ2) is 11.9. The highest BCUT2D eigenvalue weighted by atomic mass is 35.5. The van der Waals surface area contributed by atoms with Crippen LogP contribution < -0.4 is 20.5 Å². The Morgan fingerprint density at radius 2 is 1.86 bits per heavy atom. The molecule has 230 valence electrons. The summed E-state index contributed by atoms with van der Waals surface area (Å²) >= 11 is 6.03. The molecular formula is C29H32ClN9O4S. The SMILES string of the molecule is Cc1cc([C@@H](C)Nc2ccc(Cl)nc2C(=O)NS(C)(=O)=O)c2nc(N3CCC(c4cc(C#N)n(C)n4)CC3)n(C)c(=O)c2c1. The smallest absolute Gasteiger partial charge is 0.285 e. The van der Waals surface area contributed by atoms with E-state index in [4.69, 9.17) is 16.6 Å². The van der Waals surface area contributed by atoms with E-state index in [1.807, 2.05) is 30.7 Å². The first-order valence-corrected chi connectivity index (χ1v) is 16.2. The number of benzene rings is 1. The van der Waals surface area contributed by atoms with Gasteiger partial charge in [0.15, 0.2) is 5.69 Å². The van der Waals surface area contributed by atoms with Gasteiger partial charge in [-0.3, -0.25) is 18.8 Å². The number of hydrogen-bond acceptors (Lipinski definition) is 10. The quantitative estimate of drug-likeness (QED) is 0.287. The highest BCUT2D eigenvalue weighted by Gasteiger charge is 2.27. The molecule has 1 saturated heterocycles. The lowest BCUT2D eigenvalue weighted by molar-refractivity contribution is 0.0977. The van der Waals surface area contributed by atoms with Crippen LogP contribution in [-0.4, -0.2) is 58.0 Å². The zero-order valence-electron chi connectivity index (χ0n) is 24.9. The number of carbonyl (C=O) groups excluding carboxylic acids is 1. The fraction of sp³-hybridized carbons (Fsp3) is 0.379. The summed E-state index contributed by atoms with van der Waals surface area (Å²) in [6.45, 7) is 5.05. The van der Waals surface area contributed by atoms with Gasteiger partial charge >= 0.3 is 0 Å². The number of aromatic nitrogens is 5. The molecule has 1 fully saturated rings. The van der Waals surface area contributed by atoms with Gasteiger partial charge in [0.1, 0.15) is 16.9 Å². The molecule has 1 aliphatic heterocycles. The number of anilines is 2. The number of halogens is 1. The van der Waals surface area contributed by atoms with Crippen molar-refractivity contribution >= 4 is 50.1 Å². The lowest BCUT2D eigenvalue weighted by Crippen LogP contribution is -2.38. The molecule has 1 aliphatic rings. The van der Waals surface area contributed by atoms with Crippen LogP contribution in [0.4, 0.5) is 11.6 Å². The van der Waals surface area contributed by atoms with Crippen molar-refractivity contribution in [2.45, 2.75) is 38.6 Å². The molecule has 0 radical (unpaired) electrons. The van der Waals surface area contributed by atoms with E-state index in [9.17, 15) is 23.3 Å². The minimum Gasteiger partial charge on any atom is -0.377 e. The molecule has 2 N–H and O–H groups in total. The summed E-state index contributed by atoms with van der Waals surface area (Å²) in [6, 6.07) is 10.3. The number of rotatable bonds is 7. The Bertz CT molecular complexity index is 1990. The number of fused-ring (bicyclic) bond motifs is 1. The molecule has 0 unspecified atom stereocenters. The van der Waals surface area contributed by atoms with E-state index >= 15 is 0 Å². The number of carbonyl (C=O) groups is 1. The summed E-state index contributed by atoms with van der Waals surface area (Å²) in [7, 11) is -0.370. The standard InChI is InChI=1S/C29H32ClN9O4S/c1-16-12-20(17(2)32-22-6-7-24(30)33-26(22)27(40)36-44(5,42)43)25-21(13-16)28(41)37(3)29(34-25)39-10-8-18(9-11-39)23-14-19(15-31)38(4)35-23/h6-7,12-14,17-18,32H,8-11H2,1-5H3,(H,36,40)/t17-/m1/s1. The predicted molar refractivity (Wildman–Crippen MR) is 167 cm³/mol. The predicted octanol–water partition coefficient (Wildman–Crippen LogP) is 3.14. The molecule has 5 rings (SSSR count). The van der Waals surface area contributed by atoms with E-state index in [2.05, 4.69) is 26.4 Å². The van der Waals surface area contributed by atoms with E-state index in [0.717, 1.165) is 35.9 Å². The lowest BCUT2D eigenvalue weighted by Gasteiger charge is -2.33. The molecule has 1 amide bonds. The number of sulfonamides is 1. The molecule has 3 aromatic heterocycles. The largest absolute Gasteiger partial charge is 0.377 e. The fourth-order valence-electron chi connectivity index (χ4n) is 5.58. The molecule has 0 saturated carbocycles. The van der Waals surface area contributed by atoms with Crippen molar-refractivity contribution in [2.24, 2.45) is 14.1 Å². The van der Waals surface area contributed by atoms with Crippen molar-refractivity contribution in [2.75, 3.05) is 29.6 Å². The second-order valence-corrected chi connectivity index (χ2v) is 13.2. The van der Waals surface area contributed by atoms with Crippen LogP contribution in [0.3, 0.4) is 0 Å². The highest BCUT2D eigenvalue weighted by molar-refractivity contribution is 7.89. The minimum atomic E-state index is -3.84. The molecule has 0 bridgehead atoms. The molecule has 44 heavy (non-hydrogen) atoms. The van der Waals surface area contributed by atoms with Gasteiger partial charge in [-0.1, -0.05) is 17.7 Å². The highest BCUT2D eigenvalue weighted by Crippen LogP contribution is 2.32. The monoisotopic (exact) mass is 637 g/mol. The third-order valence-corrected chi connectivity index (χ3v) is 8.50. The van der Waals surface area contributed by atoms with Gasteiger partial charge in [0.25, 0.3) is 11.5 Å². The third kappa shape index (κ3) is 6.24. The van der Waals surface area contributed by atoms with Crippen molar-refractivity contribution in [3.8, 4) is 6.07 Å². The Labute approximate surface area is 259 Å². The van der Waals surface area contributed by atoms with Crippen LogP contribution in [0, 0.1) is 18.3 Å². The Morgan fingerprint density at radius 1 is 1.16 bits per heavy atom. The topological polar surface area (TPSA) is 168 Å². The normalized spacial score (nSPS) is 14.8. The third-order valence-electron chi connectivity index (χ3n) is 7.73. The summed E-state index contributed by atoms with van der Waals surface area (Å²) in [5.41, 5.74) is 3.39. The van der Waals surface area contributed by atoms with Crippen LogP contribution in [0.25, 0.3) is 10.9 Å². The Hall–Kier alpha value is -4.48. The van der Waals surface area contributed by atoms with Gasteiger partial charge in [-0.2, -0.15) is 10.4 Å². The van der Waals surface area contributed by atoms with Crippen LogP contribution in [-0.2, 0) is 24.1 Å². The number of nitrogens with one attached hydrogen (secondary N) is 2. The number of piperidine rings is 1. The molecule has 0 spiro atoms. The molecule has 4 aromatic rings. The van der Waals surface area contributed by atoms with Crippen LogP contribution in [0.5, 0.6) is 0 Å². The van der Waals surface area contributed by atoms with E-state index in [1.54, 1.807) is 35.5 Å². The first kappa shape index (κ1) is 31.0. The Kier molecular flexibility index (Phi) is 8.37. The molecule has 0 aliphatic carbocycles. The van der Waals surface area contributed by atoms with Crippen molar-refractivity contribution in [1.82, 2.24) is 29.0 Å². The molecule has 13 nitrogen and oxygen atoms in total. The molecule has 15 heteroatoms. The van der Waals surface area contributed by atoms with Crippen molar-refractivity contribution in [1.29, 1.82) is 5.26 Å². The van der Waals surface area contributed by atoms with Gasteiger partial charge < -0.3 is 10.2 Å². The number of nitriles is 1. The zero-order valence-corrected chi connectivity index (χ0v) is 26.5. The van der Waals surface area contributed by atoms with Gasteiger partial charge in [-0.25, -0.2) is 23.1 Å². The second-order valence-electron chi connectivity index (χ2n) is 11.1. The molecule has 1 aromatic carbocycles. The van der Waals surface area contributed by atoms with Gasteiger partial charge in [0.05, 0.1) is 34.6 Å². The van der Waals surface area contributed by atoms with Crippen molar-refractivity contribution < 1.29 is 13.2 Å². The van der Waals surface area contributed by atoms with Gasteiger partial charge in [0, 0.05) is 38.7 Å². The summed E-state index contributed by atoms with van der Waals surface area (Å²) in [4.78, 5) is 37.5. The van der Waals surface area contributed by atoms with E-state index in [1.165, 1.54) is 6.07 Å². The van der Waals surface area contributed by atoms with Crippen LogP contribution in [0.1, 0.15) is 64.7 Å². The molecular weight excluding hydrogens is 606 g/mol. The van der Waals surface area contributed by atoms with Gasteiger partial charge in [0.2, 0.25) is 16.0 Å². The maximum atomic E-state index is 13.6. The Balaban J connectivity index is 1.48. The van der Waals surface area contributed by atoms with Gasteiger partial charge in [-0.05, 0) is 56.5 Å². The van der Waals surface area contributed by atoms with E-state index in [0.29, 0.717) is 35.6 Å². The summed E-state index contributed by atoms with van der Waals surface area (Å²) in [5, 5.41) is 17.5. The van der Waals surface area contributed by atoms with Crippen LogP contribution in [0.15, 0.2) is 35.1 Å². The average molecular weight is 638 g/mol.